The van der Waals surface area contributed by atoms with Gasteiger partial charge in [0.25, 0.3) is 0 Å². The second-order valence-corrected chi connectivity index (χ2v) is 5.53. The van der Waals surface area contributed by atoms with Crippen molar-refractivity contribution in [2.45, 2.75) is 33.4 Å². The van der Waals surface area contributed by atoms with Crippen LogP contribution in [0.4, 0.5) is 5.95 Å². The highest BCUT2D eigenvalue weighted by Crippen LogP contribution is 2.14. The van der Waals surface area contributed by atoms with E-state index >= 15 is 0 Å². The van der Waals surface area contributed by atoms with Crippen molar-refractivity contribution in [2.75, 3.05) is 31.2 Å². The molecule has 0 radical (unpaired) electrons. The van der Waals surface area contributed by atoms with Crippen LogP contribution >= 0.6 is 0 Å². The first-order valence-corrected chi connectivity index (χ1v) is 7.03. The van der Waals surface area contributed by atoms with Crippen LogP contribution < -0.4 is 10.2 Å². The maximum Gasteiger partial charge on any atom is 0.225 e. The number of morpholine rings is 1. The van der Waals surface area contributed by atoms with Crippen molar-refractivity contribution in [3.8, 4) is 0 Å². The van der Waals surface area contributed by atoms with Gasteiger partial charge in [-0.25, -0.2) is 9.97 Å². The Morgan fingerprint density at radius 2 is 2.16 bits per heavy atom. The summed E-state index contributed by atoms with van der Waals surface area (Å²) in [5.74, 6) is 1.47. The molecule has 1 fully saturated rings. The van der Waals surface area contributed by atoms with E-state index in [2.05, 4.69) is 41.0 Å². The van der Waals surface area contributed by atoms with Crippen LogP contribution in [0.25, 0.3) is 0 Å². The SMILES string of the molecule is CC(C)CNCc1cnc(N2CCOCC2C)nc1. The molecule has 1 aromatic rings. The van der Waals surface area contributed by atoms with Crippen molar-refractivity contribution in [2.24, 2.45) is 5.92 Å². The number of anilines is 1. The maximum absolute atomic E-state index is 5.43. The molecule has 1 aliphatic rings. The van der Waals surface area contributed by atoms with Crippen molar-refractivity contribution in [3.05, 3.63) is 18.0 Å². The van der Waals surface area contributed by atoms with Crippen LogP contribution in [-0.4, -0.2) is 42.3 Å². The van der Waals surface area contributed by atoms with E-state index in [4.69, 9.17) is 4.74 Å². The Balaban J connectivity index is 1.90. The summed E-state index contributed by atoms with van der Waals surface area (Å²) in [5, 5.41) is 3.40. The molecule has 19 heavy (non-hydrogen) atoms. The second-order valence-electron chi connectivity index (χ2n) is 5.53. The van der Waals surface area contributed by atoms with Gasteiger partial charge in [0.1, 0.15) is 0 Å². The number of hydrogen-bond acceptors (Lipinski definition) is 5. The Labute approximate surface area is 115 Å². The zero-order valence-corrected chi connectivity index (χ0v) is 12.1. The van der Waals surface area contributed by atoms with Gasteiger partial charge in [-0.1, -0.05) is 13.8 Å². The summed E-state index contributed by atoms with van der Waals surface area (Å²) in [7, 11) is 0. The zero-order chi connectivity index (χ0) is 13.7. The van der Waals surface area contributed by atoms with E-state index in [0.717, 1.165) is 44.4 Å². The van der Waals surface area contributed by atoms with Crippen LogP contribution in [0.15, 0.2) is 12.4 Å². The number of rotatable bonds is 5. The molecule has 1 aliphatic heterocycles. The van der Waals surface area contributed by atoms with Crippen molar-refractivity contribution in [3.63, 3.8) is 0 Å². The number of nitrogens with one attached hydrogen (secondary N) is 1. The molecule has 1 atom stereocenters. The van der Waals surface area contributed by atoms with Crippen molar-refractivity contribution >= 4 is 5.95 Å². The van der Waals surface area contributed by atoms with Crippen LogP contribution in [0.3, 0.4) is 0 Å². The van der Waals surface area contributed by atoms with E-state index in [-0.39, 0.29) is 0 Å². The molecule has 1 unspecified atom stereocenters. The molecule has 0 spiro atoms. The molecule has 1 aromatic heterocycles. The molecule has 2 rings (SSSR count). The largest absolute Gasteiger partial charge is 0.377 e. The minimum absolute atomic E-state index is 0.346. The van der Waals surface area contributed by atoms with Crippen LogP contribution in [0.2, 0.25) is 0 Å². The summed E-state index contributed by atoms with van der Waals surface area (Å²) in [6.07, 6.45) is 3.83. The predicted molar refractivity (Wildman–Crippen MR) is 76.2 cm³/mol. The number of nitrogens with zero attached hydrogens (tertiary/aromatic N) is 3. The summed E-state index contributed by atoms with van der Waals surface area (Å²) in [4.78, 5) is 11.1. The van der Waals surface area contributed by atoms with E-state index in [1.54, 1.807) is 0 Å². The van der Waals surface area contributed by atoms with E-state index in [1.807, 2.05) is 12.4 Å². The lowest BCUT2D eigenvalue weighted by Gasteiger charge is -2.33. The summed E-state index contributed by atoms with van der Waals surface area (Å²) in [5.41, 5.74) is 1.13. The molecule has 0 aromatic carbocycles. The van der Waals surface area contributed by atoms with Gasteiger partial charge in [0.2, 0.25) is 5.95 Å². The van der Waals surface area contributed by atoms with Gasteiger partial charge in [0.15, 0.2) is 0 Å². The molecule has 5 heteroatoms. The molecule has 2 heterocycles. The van der Waals surface area contributed by atoms with Crippen molar-refractivity contribution in [1.82, 2.24) is 15.3 Å². The average molecular weight is 264 g/mol. The number of hydrogen-bond donors (Lipinski definition) is 1. The van der Waals surface area contributed by atoms with E-state index in [0.29, 0.717) is 12.0 Å². The first-order valence-electron chi connectivity index (χ1n) is 7.03. The Kier molecular flexibility index (Phi) is 5.10. The highest BCUT2D eigenvalue weighted by Gasteiger charge is 2.20. The molecule has 1 N–H and O–H groups in total. The van der Waals surface area contributed by atoms with Crippen molar-refractivity contribution < 1.29 is 4.74 Å². The third-order valence-corrected chi connectivity index (χ3v) is 3.20. The Morgan fingerprint density at radius 1 is 1.42 bits per heavy atom. The Hall–Kier alpha value is -1.20. The molecule has 0 aliphatic carbocycles. The lowest BCUT2D eigenvalue weighted by Crippen LogP contribution is -2.44. The maximum atomic E-state index is 5.43. The van der Waals surface area contributed by atoms with Gasteiger partial charge in [0.05, 0.1) is 19.3 Å². The lowest BCUT2D eigenvalue weighted by atomic mass is 10.2. The quantitative estimate of drug-likeness (QED) is 0.872. The fourth-order valence-corrected chi connectivity index (χ4v) is 2.12. The molecular weight excluding hydrogens is 240 g/mol. The second kappa shape index (κ2) is 6.82. The third-order valence-electron chi connectivity index (χ3n) is 3.20. The summed E-state index contributed by atoms with van der Waals surface area (Å²) < 4.78 is 5.43. The number of ether oxygens (including phenoxy) is 1. The average Bonchev–Trinajstić information content (AvgIpc) is 2.40. The smallest absolute Gasteiger partial charge is 0.225 e. The first-order chi connectivity index (χ1) is 9.16. The molecular formula is C14H24N4O. The van der Waals surface area contributed by atoms with Gasteiger partial charge in [0, 0.05) is 31.0 Å². The van der Waals surface area contributed by atoms with E-state index in [1.165, 1.54) is 0 Å². The standard InChI is InChI=1S/C14H24N4O/c1-11(2)6-15-7-13-8-16-14(17-9-13)18-4-5-19-10-12(18)3/h8-9,11-12,15H,4-7,10H2,1-3H3. The molecule has 106 valence electrons. The first kappa shape index (κ1) is 14.2. The van der Waals surface area contributed by atoms with Crippen LogP contribution in [0.1, 0.15) is 26.3 Å². The van der Waals surface area contributed by atoms with Gasteiger partial charge in [-0.05, 0) is 19.4 Å². The molecule has 1 saturated heterocycles. The monoisotopic (exact) mass is 264 g/mol. The Bertz CT molecular complexity index is 380. The topological polar surface area (TPSA) is 50.3 Å². The van der Waals surface area contributed by atoms with Crippen molar-refractivity contribution in [1.29, 1.82) is 0 Å². The molecule has 5 nitrogen and oxygen atoms in total. The van der Waals surface area contributed by atoms with E-state index < -0.39 is 0 Å². The van der Waals surface area contributed by atoms with Gasteiger partial charge in [-0.2, -0.15) is 0 Å². The lowest BCUT2D eigenvalue weighted by molar-refractivity contribution is 0.0981. The van der Waals surface area contributed by atoms with Gasteiger partial charge < -0.3 is 15.0 Å². The highest BCUT2D eigenvalue weighted by atomic mass is 16.5. The third kappa shape index (κ3) is 4.14. The normalized spacial score (nSPS) is 20.0. The zero-order valence-electron chi connectivity index (χ0n) is 12.1. The highest BCUT2D eigenvalue weighted by molar-refractivity contribution is 5.32. The van der Waals surface area contributed by atoms with Crippen LogP contribution in [0.5, 0.6) is 0 Å². The predicted octanol–water partition coefficient (Wildman–Crippen LogP) is 1.45. The summed E-state index contributed by atoms with van der Waals surface area (Å²) >= 11 is 0. The van der Waals surface area contributed by atoms with Crippen LogP contribution in [-0.2, 0) is 11.3 Å². The molecule has 0 bridgehead atoms. The summed E-state index contributed by atoms with van der Waals surface area (Å²) in [6.45, 7) is 10.8. The summed E-state index contributed by atoms with van der Waals surface area (Å²) in [6, 6.07) is 0.346. The minimum atomic E-state index is 0.346. The Morgan fingerprint density at radius 3 is 2.79 bits per heavy atom. The molecule has 0 saturated carbocycles. The minimum Gasteiger partial charge on any atom is -0.377 e. The fourth-order valence-electron chi connectivity index (χ4n) is 2.12. The van der Waals surface area contributed by atoms with Gasteiger partial charge >= 0.3 is 0 Å². The molecule has 0 amide bonds. The fraction of sp³-hybridized carbons (Fsp3) is 0.714. The van der Waals surface area contributed by atoms with Gasteiger partial charge in [-0.3, -0.25) is 0 Å². The van der Waals surface area contributed by atoms with Crippen LogP contribution in [0, 0.1) is 5.92 Å². The van der Waals surface area contributed by atoms with Gasteiger partial charge in [-0.15, -0.1) is 0 Å². The van der Waals surface area contributed by atoms with E-state index in [9.17, 15) is 0 Å². The number of aromatic nitrogens is 2.